The second kappa shape index (κ2) is 7.07. The molecule has 0 aliphatic carbocycles. The fraction of sp³-hybridized carbons (Fsp3) is 0.923. The Balaban J connectivity index is 1.66. The number of carbonyl (C=O) groups is 1. The molecule has 2 saturated heterocycles. The molecule has 0 spiro atoms. The molecule has 0 unspecified atom stereocenters. The fourth-order valence-electron chi connectivity index (χ4n) is 2.89. The van der Waals surface area contributed by atoms with Gasteiger partial charge in [-0.25, -0.2) is 0 Å². The van der Waals surface area contributed by atoms with Crippen molar-refractivity contribution in [2.45, 2.75) is 19.3 Å². The average Bonchev–Trinajstić information content (AvgIpc) is 2.75. The van der Waals surface area contributed by atoms with Crippen molar-refractivity contribution in [3.05, 3.63) is 0 Å². The molecule has 2 fully saturated rings. The first-order valence-corrected chi connectivity index (χ1v) is 7.13. The van der Waals surface area contributed by atoms with Crippen LogP contribution in [-0.4, -0.2) is 84.7 Å². The van der Waals surface area contributed by atoms with E-state index in [1.165, 1.54) is 32.5 Å². The van der Waals surface area contributed by atoms with Gasteiger partial charge in [-0.2, -0.15) is 0 Å². The Bertz CT molecular complexity index is 267. The van der Waals surface area contributed by atoms with Gasteiger partial charge in [0.2, 0.25) is 0 Å². The standard InChI is InChI=1S/C13H25N3O2/c17-13(18)12-16-7-3-6-15(10-11-16)9-8-14-4-1-2-5-14/h1-12H2,(H,17,18). The molecule has 0 saturated carbocycles. The van der Waals surface area contributed by atoms with Crippen molar-refractivity contribution >= 4 is 5.97 Å². The van der Waals surface area contributed by atoms with Crippen LogP contribution in [0.25, 0.3) is 0 Å². The molecular weight excluding hydrogens is 230 g/mol. The minimum Gasteiger partial charge on any atom is -0.480 e. The van der Waals surface area contributed by atoms with E-state index in [4.69, 9.17) is 5.11 Å². The third-order valence-electron chi connectivity index (χ3n) is 3.97. The van der Waals surface area contributed by atoms with Gasteiger partial charge in [0.05, 0.1) is 6.54 Å². The molecule has 1 N–H and O–H groups in total. The maximum Gasteiger partial charge on any atom is 0.317 e. The number of hydrogen-bond acceptors (Lipinski definition) is 4. The Kier molecular flexibility index (Phi) is 5.41. The number of nitrogens with zero attached hydrogens (tertiary/aromatic N) is 3. The highest BCUT2D eigenvalue weighted by Gasteiger charge is 2.18. The SMILES string of the molecule is O=C(O)CN1CCCN(CCN2CCCC2)CC1. The second-order valence-corrected chi connectivity index (χ2v) is 5.41. The van der Waals surface area contributed by atoms with Crippen LogP contribution in [0.1, 0.15) is 19.3 Å². The fourth-order valence-corrected chi connectivity index (χ4v) is 2.89. The van der Waals surface area contributed by atoms with Crippen molar-refractivity contribution in [1.29, 1.82) is 0 Å². The topological polar surface area (TPSA) is 47.0 Å². The predicted molar refractivity (Wildman–Crippen MR) is 70.8 cm³/mol. The lowest BCUT2D eigenvalue weighted by molar-refractivity contribution is -0.138. The van der Waals surface area contributed by atoms with Crippen LogP contribution in [0.2, 0.25) is 0 Å². The summed E-state index contributed by atoms with van der Waals surface area (Å²) in [5.41, 5.74) is 0. The summed E-state index contributed by atoms with van der Waals surface area (Å²) >= 11 is 0. The molecule has 0 amide bonds. The van der Waals surface area contributed by atoms with E-state index in [-0.39, 0.29) is 6.54 Å². The first kappa shape index (κ1) is 13.8. The molecule has 2 aliphatic heterocycles. The third-order valence-corrected chi connectivity index (χ3v) is 3.97. The van der Waals surface area contributed by atoms with Crippen molar-refractivity contribution in [3.63, 3.8) is 0 Å². The zero-order valence-corrected chi connectivity index (χ0v) is 11.2. The van der Waals surface area contributed by atoms with E-state index < -0.39 is 5.97 Å². The molecule has 0 aromatic carbocycles. The highest BCUT2D eigenvalue weighted by atomic mass is 16.4. The van der Waals surface area contributed by atoms with Gasteiger partial charge in [0.15, 0.2) is 0 Å². The zero-order valence-electron chi connectivity index (χ0n) is 11.2. The number of aliphatic carboxylic acids is 1. The van der Waals surface area contributed by atoms with Gasteiger partial charge in [0, 0.05) is 32.7 Å². The van der Waals surface area contributed by atoms with Crippen LogP contribution in [0.15, 0.2) is 0 Å². The summed E-state index contributed by atoms with van der Waals surface area (Å²) in [6, 6.07) is 0. The van der Waals surface area contributed by atoms with Gasteiger partial charge in [0.25, 0.3) is 0 Å². The molecule has 0 aromatic rings. The van der Waals surface area contributed by atoms with Crippen LogP contribution in [0, 0.1) is 0 Å². The quantitative estimate of drug-likeness (QED) is 0.759. The van der Waals surface area contributed by atoms with Gasteiger partial charge < -0.3 is 14.9 Å². The Hall–Kier alpha value is -0.650. The Labute approximate surface area is 109 Å². The van der Waals surface area contributed by atoms with Gasteiger partial charge in [-0.15, -0.1) is 0 Å². The number of rotatable bonds is 5. The molecule has 5 heteroatoms. The summed E-state index contributed by atoms with van der Waals surface area (Å²) in [6.07, 6.45) is 3.80. The monoisotopic (exact) mass is 255 g/mol. The van der Waals surface area contributed by atoms with E-state index in [2.05, 4.69) is 14.7 Å². The molecule has 0 aromatic heterocycles. The molecule has 2 heterocycles. The molecule has 104 valence electrons. The number of likely N-dealkylation sites (tertiary alicyclic amines) is 1. The van der Waals surface area contributed by atoms with E-state index >= 15 is 0 Å². The van der Waals surface area contributed by atoms with Gasteiger partial charge >= 0.3 is 5.97 Å². The van der Waals surface area contributed by atoms with Crippen molar-refractivity contribution in [3.8, 4) is 0 Å². The number of carboxylic acid groups (broad SMARTS) is 1. The summed E-state index contributed by atoms with van der Waals surface area (Å²) in [5.74, 6) is -0.708. The summed E-state index contributed by atoms with van der Waals surface area (Å²) < 4.78 is 0. The lowest BCUT2D eigenvalue weighted by atomic mass is 10.3. The van der Waals surface area contributed by atoms with Gasteiger partial charge in [0.1, 0.15) is 0 Å². The van der Waals surface area contributed by atoms with Gasteiger partial charge in [-0.1, -0.05) is 0 Å². The second-order valence-electron chi connectivity index (χ2n) is 5.41. The van der Waals surface area contributed by atoms with Gasteiger partial charge in [-0.3, -0.25) is 9.69 Å². The smallest absolute Gasteiger partial charge is 0.317 e. The predicted octanol–water partition coefficient (Wildman–Crippen LogP) is 0.175. The minimum absolute atomic E-state index is 0.194. The van der Waals surface area contributed by atoms with Crippen LogP contribution in [0.5, 0.6) is 0 Å². The third kappa shape index (κ3) is 4.55. The summed E-state index contributed by atoms with van der Waals surface area (Å²) in [6.45, 7) is 8.99. The van der Waals surface area contributed by atoms with Crippen molar-refractivity contribution in [1.82, 2.24) is 14.7 Å². The van der Waals surface area contributed by atoms with E-state index in [9.17, 15) is 4.79 Å². The number of carboxylic acids is 1. The maximum absolute atomic E-state index is 10.7. The van der Waals surface area contributed by atoms with Crippen LogP contribution < -0.4 is 0 Å². The molecule has 0 radical (unpaired) electrons. The summed E-state index contributed by atoms with van der Waals surface area (Å²) in [7, 11) is 0. The maximum atomic E-state index is 10.7. The van der Waals surface area contributed by atoms with Crippen molar-refractivity contribution < 1.29 is 9.90 Å². The zero-order chi connectivity index (χ0) is 12.8. The van der Waals surface area contributed by atoms with E-state index in [0.29, 0.717) is 0 Å². The normalized spacial score (nSPS) is 24.2. The molecule has 0 bridgehead atoms. The molecule has 2 rings (SSSR count). The van der Waals surface area contributed by atoms with E-state index in [1.807, 2.05) is 0 Å². The highest BCUT2D eigenvalue weighted by Crippen LogP contribution is 2.08. The number of hydrogen-bond donors (Lipinski definition) is 1. The Morgan fingerprint density at radius 2 is 1.28 bits per heavy atom. The average molecular weight is 255 g/mol. The van der Waals surface area contributed by atoms with Crippen LogP contribution >= 0.6 is 0 Å². The minimum atomic E-state index is -0.708. The molecule has 18 heavy (non-hydrogen) atoms. The lowest BCUT2D eigenvalue weighted by Crippen LogP contribution is -2.37. The van der Waals surface area contributed by atoms with Crippen LogP contribution in [-0.2, 0) is 4.79 Å². The first-order chi connectivity index (χ1) is 8.74. The summed E-state index contributed by atoms with van der Waals surface area (Å²) in [4.78, 5) is 17.8. The Morgan fingerprint density at radius 1 is 0.778 bits per heavy atom. The Morgan fingerprint density at radius 3 is 1.94 bits per heavy atom. The highest BCUT2D eigenvalue weighted by molar-refractivity contribution is 5.69. The van der Waals surface area contributed by atoms with Crippen molar-refractivity contribution in [2.24, 2.45) is 0 Å². The van der Waals surface area contributed by atoms with Gasteiger partial charge in [-0.05, 0) is 38.9 Å². The molecule has 0 atom stereocenters. The summed E-state index contributed by atoms with van der Waals surface area (Å²) in [5, 5.41) is 8.81. The lowest BCUT2D eigenvalue weighted by Gasteiger charge is -2.23. The van der Waals surface area contributed by atoms with Crippen LogP contribution in [0.4, 0.5) is 0 Å². The first-order valence-electron chi connectivity index (χ1n) is 7.13. The van der Waals surface area contributed by atoms with E-state index in [1.54, 1.807) is 0 Å². The molecule has 2 aliphatic rings. The van der Waals surface area contributed by atoms with E-state index in [0.717, 1.165) is 39.1 Å². The largest absolute Gasteiger partial charge is 0.480 e. The van der Waals surface area contributed by atoms with Crippen molar-refractivity contribution in [2.75, 3.05) is 58.9 Å². The van der Waals surface area contributed by atoms with Crippen LogP contribution in [0.3, 0.4) is 0 Å². The molecular formula is C13H25N3O2. The molecule has 5 nitrogen and oxygen atoms in total.